The van der Waals surface area contributed by atoms with Crippen LogP contribution in [-0.2, 0) is 0 Å². The van der Waals surface area contributed by atoms with Crippen molar-refractivity contribution in [1.82, 2.24) is 0 Å². The van der Waals surface area contributed by atoms with E-state index in [1.807, 2.05) is 13.8 Å². The number of hydrogen-bond donors (Lipinski definition) is 0. The van der Waals surface area contributed by atoms with Gasteiger partial charge < -0.3 is 0 Å². The molecule has 0 N–H and O–H groups in total. The van der Waals surface area contributed by atoms with E-state index in [4.69, 9.17) is 0 Å². The highest BCUT2D eigenvalue weighted by Gasteiger charge is 2.24. The average molecular weight is 144 g/mol. The Bertz CT molecular complexity index is 102. The van der Waals surface area contributed by atoms with Crippen molar-refractivity contribution in [1.29, 1.82) is 0 Å². The molecule has 0 aromatic heterocycles. The van der Waals surface area contributed by atoms with E-state index in [0.29, 0.717) is 0 Å². The highest BCUT2D eigenvalue weighted by Crippen LogP contribution is 2.36. The Hall–Kier alpha value is -0.00506. The Balaban J connectivity index is 3.89. The van der Waals surface area contributed by atoms with Crippen LogP contribution in [0, 0.1) is 5.41 Å². The molecule has 0 saturated carbocycles. The second-order valence-electron chi connectivity index (χ2n) is 5.04. The van der Waals surface area contributed by atoms with Crippen LogP contribution in [0.4, 0.5) is 4.39 Å². The predicted molar refractivity (Wildman–Crippen MR) is 47.0 cm³/mol. The summed E-state index contributed by atoms with van der Waals surface area (Å²) in [4.78, 5) is 0. The maximum Gasteiger partial charge on any atom is 0.108 e. The zero-order valence-electron chi connectivity index (χ0n) is 7.79. The van der Waals surface area contributed by atoms with Gasteiger partial charge in [-0.2, -0.15) is 0 Å². The van der Waals surface area contributed by atoms with Crippen LogP contribution in [-0.4, -0.2) is 14.5 Å². The maximum atomic E-state index is 12.3. The molecule has 0 fully saturated rings. The van der Waals surface area contributed by atoms with Crippen molar-refractivity contribution < 1.29 is 4.39 Å². The fourth-order valence-corrected chi connectivity index (χ4v) is 1.48. The van der Waals surface area contributed by atoms with Gasteiger partial charge in [0.15, 0.2) is 0 Å². The lowest BCUT2D eigenvalue weighted by Gasteiger charge is -2.29. The average Bonchev–Trinajstić information content (AvgIpc) is 1.60. The molecule has 0 nitrogen and oxygen atoms in total. The Labute approximate surface area is 64.6 Å². The Morgan fingerprint density at radius 1 is 1.20 bits per heavy atom. The highest BCUT2D eigenvalue weighted by atomic mass is 19.1. The first-order chi connectivity index (χ1) is 4.27. The first-order valence-corrected chi connectivity index (χ1v) is 3.83. The molecule has 0 bridgehead atoms. The van der Waals surface area contributed by atoms with E-state index in [0.717, 1.165) is 6.42 Å². The first kappa shape index (κ1) is 9.99. The van der Waals surface area contributed by atoms with Crippen LogP contribution in [0.1, 0.15) is 34.1 Å². The van der Waals surface area contributed by atoms with Gasteiger partial charge in [-0.05, 0) is 11.8 Å². The van der Waals surface area contributed by atoms with Gasteiger partial charge in [-0.3, -0.25) is 4.39 Å². The van der Waals surface area contributed by atoms with Gasteiger partial charge in [0.05, 0.1) is 6.67 Å². The molecule has 2 heteroatoms. The zero-order valence-corrected chi connectivity index (χ0v) is 7.79. The summed E-state index contributed by atoms with van der Waals surface area (Å²) in [5.41, 5.74) is -0.141. The van der Waals surface area contributed by atoms with E-state index < -0.39 is 0 Å². The van der Waals surface area contributed by atoms with Gasteiger partial charge in [-0.1, -0.05) is 33.0 Å². The van der Waals surface area contributed by atoms with Crippen molar-refractivity contribution in [2.75, 3.05) is 6.67 Å². The molecule has 0 amide bonds. The molecule has 0 aliphatic carbocycles. The van der Waals surface area contributed by atoms with Crippen LogP contribution in [0.5, 0.6) is 0 Å². The molecule has 0 aromatic rings. The molecule has 0 unspecified atom stereocenters. The van der Waals surface area contributed by atoms with Gasteiger partial charge in [-0.25, -0.2) is 0 Å². The van der Waals surface area contributed by atoms with Crippen LogP contribution in [0.3, 0.4) is 0 Å². The van der Waals surface area contributed by atoms with E-state index in [9.17, 15) is 4.39 Å². The first-order valence-electron chi connectivity index (χ1n) is 3.83. The van der Waals surface area contributed by atoms with Crippen LogP contribution in [0.15, 0.2) is 0 Å². The molecule has 0 rings (SSSR count). The minimum atomic E-state index is -0.218. The molecule has 60 valence electrons. The van der Waals surface area contributed by atoms with Gasteiger partial charge in [0.2, 0.25) is 0 Å². The van der Waals surface area contributed by atoms with E-state index in [-0.39, 0.29) is 17.4 Å². The van der Waals surface area contributed by atoms with Crippen LogP contribution in [0.2, 0.25) is 5.31 Å². The molecule has 0 aliphatic heterocycles. The minimum absolute atomic E-state index is 0.141. The monoisotopic (exact) mass is 144 g/mol. The molecular formula is C8H18BF. The summed E-state index contributed by atoms with van der Waals surface area (Å²) in [6, 6.07) is 0. The van der Waals surface area contributed by atoms with E-state index in [2.05, 4.69) is 21.7 Å². The SMILES string of the molecule is BC(C)(C)CC(C)(C)CF. The van der Waals surface area contributed by atoms with Crippen LogP contribution >= 0.6 is 0 Å². The number of alkyl halides is 1. The van der Waals surface area contributed by atoms with Gasteiger partial charge >= 0.3 is 0 Å². The summed E-state index contributed by atoms with van der Waals surface area (Å²) < 4.78 is 12.3. The largest absolute Gasteiger partial charge is 0.251 e. The highest BCUT2D eigenvalue weighted by molar-refractivity contribution is 6.14. The van der Waals surface area contributed by atoms with Crippen molar-refractivity contribution in [2.24, 2.45) is 5.41 Å². The fraction of sp³-hybridized carbons (Fsp3) is 1.00. The lowest BCUT2D eigenvalue weighted by Crippen LogP contribution is -2.20. The summed E-state index contributed by atoms with van der Waals surface area (Å²) in [6.07, 6.45) is 0.941. The lowest BCUT2D eigenvalue weighted by molar-refractivity contribution is 0.219. The van der Waals surface area contributed by atoms with Crippen LogP contribution < -0.4 is 0 Å². The summed E-state index contributed by atoms with van der Waals surface area (Å²) in [6.45, 7) is 8.01. The molecule has 0 atom stereocenters. The van der Waals surface area contributed by atoms with Crippen molar-refractivity contribution >= 4 is 7.85 Å². The molecule has 0 spiro atoms. The zero-order chi connectivity index (χ0) is 8.41. The summed E-state index contributed by atoms with van der Waals surface area (Å²) in [7, 11) is 2.14. The van der Waals surface area contributed by atoms with Crippen molar-refractivity contribution in [3.8, 4) is 0 Å². The predicted octanol–water partition coefficient (Wildman–Crippen LogP) is 2.20. The Morgan fingerprint density at radius 3 is 1.70 bits per heavy atom. The van der Waals surface area contributed by atoms with E-state index >= 15 is 0 Å². The Morgan fingerprint density at radius 2 is 1.60 bits per heavy atom. The Kier molecular flexibility index (Phi) is 2.93. The van der Waals surface area contributed by atoms with Crippen molar-refractivity contribution in [3.63, 3.8) is 0 Å². The lowest BCUT2D eigenvalue weighted by atomic mass is 9.64. The molecule has 0 radical (unpaired) electrons. The normalized spacial score (nSPS) is 13.7. The summed E-state index contributed by atoms with van der Waals surface area (Å²) >= 11 is 0. The van der Waals surface area contributed by atoms with Gasteiger partial charge in [0.25, 0.3) is 0 Å². The minimum Gasteiger partial charge on any atom is -0.251 e. The van der Waals surface area contributed by atoms with Crippen LogP contribution in [0.25, 0.3) is 0 Å². The number of rotatable bonds is 3. The smallest absolute Gasteiger partial charge is 0.108 e. The third-order valence-corrected chi connectivity index (χ3v) is 1.37. The molecule has 0 saturated heterocycles. The van der Waals surface area contributed by atoms with E-state index in [1.54, 1.807) is 0 Å². The number of hydrogen-bond acceptors (Lipinski definition) is 0. The third kappa shape index (κ3) is 4.83. The van der Waals surface area contributed by atoms with Gasteiger partial charge in [0, 0.05) is 0 Å². The molecule has 0 heterocycles. The molecular weight excluding hydrogens is 126 g/mol. The summed E-state index contributed by atoms with van der Waals surface area (Å²) in [5, 5.41) is 0.246. The van der Waals surface area contributed by atoms with Gasteiger partial charge in [-0.15, -0.1) is 0 Å². The second kappa shape index (κ2) is 2.94. The van der Waals surface area contributed by atoms with Crippen molar-refractivity contribution in [2.45, 2.75) is 39.4 Å². The molecule has 0 aromatic carbocycles. The molecule has 0 aliphatic rings. The summed E-state index contributed by atoms with van der Waals surface area (Å²) in [5.74, 6) is 0. The van der Waals surface area contributed by atoms with E-state index in [1.165, 1.54) is 0 Å². The standard InChI is InChI=1S/C8H18BF/c1-7(2,6-10)5-8(3,4)9/h5-6,9H2,1-4H3. The van der Waals surface area contributed by atoms with Gasteiger partial charge in [0.1, 0.15) is 7.85 Å². The second-order valence-corrected chi connectivity index (χ2v) is 5.04. The van der Waals surface area contributed by atoms with Crippen molar-refractivity contribution in [3.05, 3.63) is 0 Å². The number of halogens is 1. The quantitative estimate of drug-likeness (QED) is 0.532. The fourth-order valence-electron chi connectivity index (χ4n) is 1.48. The maximum absolute atomic E-state index is 12.3. The molecule has 10 heavy (non-hydrogen) atoms. The topological polar surface area (TPSA) is 0 Å². The third-order valence-electron chi connectivity index (χ3n) is 1.37.